The molecular formula is C31H36BrNO4S2. The summed E-state index contributed by atoms with van der Waals surface area (Å²) in [6, 6.07) is 19.1. The Labute approximate surface area is 242 Å². The molecule has 208 valence electrons. The molecule has 0 spiro atoms. The van der Waals surface area contributed by atoms with E-state index in [2.05, 4.69) is 34.2 Å². The third kappa shape index (κ3) is 8.01. The Bertz CT molecular complexity index is 1510. The molecule has 1 atom stereocenters. The van der Waals surface area contributed by atoms with Crippen LogP contribution in [0.25, 0.3) is 0 Å². The molecule has 39 heavy (non-hydrogen) atoms. The van der Waals surface area contributed by atoms with E-state index in [0.29, 0.717) is 24.0 Å². The van der Waals surface area contributed by atoms with Gasteiger partial charge in [0.05, 0.1) is 20.7 Å². The van der Waals surface area contributed by atoms with Crippen molar-refractivity contribution in [2.24, 2.45) is 0 Å². The van der Waals surface area contributed by atoms with E-state index >= 15 is 0 Å². The molecule has 8 heteroatoms. The highest BCUT2D eigenvalue weighted by Gasteiger charge is 2.35. The lowest BCUT2D eigenvalue weighted by molar-refractivity contribution is 0.567. The molecule has 0 aromatic heterocycles. The summed E-state index contributed by atoms with van der Waals surface area (Å²) in [4.78, 5) is 0.246. The van der Waals surface area contributed by atoms with Crippen molar-refractivity contribution in [2.75, 3.05) is 0 Å². The smallest absolute Gasteiger partial charge is 0.219 e. The third-order valence-corrected chi connectivity index (χ3v) is 10.5. The van der Waals surface area contributed by atoms with Crippen LogP contribution in [0, 0.1) is 13.8 Å². The van der Waals surface area contributed by atoms with Gasteiger partial charge >= 0.3 is 0 Å². The summed E-state index contributed by atoms with van der Waals surface area (Å²) >= 11 is 3.43. The number of unbranched alkanes of at least 4 members (excludes halogenated alkanes) is 2. The van der Waals surface area contributed by atoms with Gasteiger partial charge in [0.1, 0.15) is 0 Å². The highest BCUT2D eigenvalue weighted by molar-refractivity contribution is 9.10. The van der Waals surface area contributed by atoms with E-state index in [1.807, 2.05) is 13.8 Å². The summed E-state index contributed by atoms with van der Waals surface area (Å²) in [5, 5.41) is 0. The minimum absolute atomic E-state index is 0.0559. The first-order valence-corrected chi connectivity index (χ1v) is 16.7. The number of rotatable bonds is 13. The second-order valence-electron chi connectivity index (χ2n) is 9.65. The van der Waals surface area contributed by atoms with Crippen molar-refractivity contribution in [1.82, 2.24) is 4.72 Å². The van der Waals surface area contributed by atoms with Crippen LogP contribution in [0.15, 0.2) is 110 Å². The number of sulfonamides is 1. The molecular weight excluding hydrogens is 594 g/mol. The van der Waals surface area contributed by atoms with Crippen LogP contribution in [0.3, 0.4) is 0 Å². The minimum Gasteiger partial charge on any atom is -0.219 e. The molecule has 0 fully saturated rings. The summed E-state index contributed by atoms with van der Waals surface area (Å²) in [6.07, 6.45) is 5.20. The van der Waals surface area contributed by atoms with Crippen molar-refractivity contribution in [2.45, 2.75) is 68.7 Å². The number of aryl methyl sites for hydroxylation is 2. The topological polar surface area (TPSA) is 80.3 Å². The van der Waals surface area contributed by atoms with Gasteiger partial charge in [0.15, 0.2) is 0 Å². The van der Waals surface area contributed by atoms with Crippen LogP contribution in [-0.4, -0.2) is 16.8 Å². The molecule has 3 rings (SSSR count). The number of nitrogens with one attached hydrogen (secondary N) is 1. The van der Waals surface area contributed by atoms with E-state index in [9.17, 15) is 16.8 Å². The summed E-state index contributed by atoms with van der Waals surface area (Å²) in [5.74, 6) is 0. The van der Waals surface area contributed by atoms with Gasteiger partial charge in [-0.25, -0.2) is 16.8 Å². The van der Waals surface area contributed by atoms with Crippen LogP contribution in [0.5, 0.6) is 0 Å². The van der Waals surface area contributed by atoms with Gasteiger partial charge in [-0.15, -0.1) is 6.58 Å². The zero-order valence-electron chi connectivity index (χ0n) is 22.7. The van der Waals surface area contributed by atoms with Crippen molar-refractivity contribution < 1.29 is 16.8 Å². The SMILES string of the molecule is C=CC/C(CCCCC)=C(\C(NS(=O)(=O)c1ccc(C)cc1)c1ccc(Br)cc1)S(=O)(=O)c1ccc(C)cc1. The average molecular weight is 631 g/mol. The standard InChI is InChI=1S/C31H36BrNO4S2/c1-5-7-8-10-26(9-6-2)31(38(34,35)28-19-11-23(3)12-20-28)30(25-15-17-27(32)18-16-25)33-39(36,37)29-21-13-24(4)14-22-29/h6,11-22,30,33H,2,5,7-10H2,1,3-4H3/b31-26-. The predicted octanol–water partition coefficient (Wildman–Crippen LogP) is 7.97. The number of halogens is 1. The number of hydrogen-bond acceptors (Lipinski definition) is 4. The molecule has 0 saturated heterocycles. The number of benzene rings is 3. The summed E-state index contributed by atoms with van der Waals surface area (Å²) in [7, 11) is -8.19. The van der Waals surface area contributed by atoms with Gasteiger partial charge in [0, 0.05) is 4.47 Å². The molecule has 1 unspecified atom stereocenters. The van der Waals surface area contributed by atoms with Gasteiger partial charge in [0.2, 0.25) is 19.9 Å². The molecule has 0 aliphatic rings. The monoisotopic (exact) mass is 629 g/mol. The summed E-state index contributed by atoms with van der Waals surface area (Å²) < 4.78 is 59.8. The fourth-order valence-corrected chi connectivity index (χ4v) is 7.70. The van der Waals surface area contributed by atoms with Crippen LogP contribution in [0.4, 0.5) is 0 Å². The Morgan fingerprint density at radius 3 is 1.90 bits per heavy atom. The lowest BCUT2D eigenvalue weighted by atomic mass is 9.98. The lowest BCUT2D eigenvalue weighted by Crippen LogP contribution is -2.33. The molecule has 0 saturated carbocycles. The quantitative estimate of drug-likeness (QED) is 0.154. The molecule has 3 aromatic carbocycles. The zero-order valence-corrected chi connectivity index (χ0v) is 25.9. The Hall–Kier alpha value is -2.52. The van der Waals surface area contributed by atoms with E-state index in [1.165, 1.54) is 12.1 Å². The van der Waals surface area contributed by atoms with Crippen LogP contribution in [0.2, 0.25) is 0 Å². The number of sulfone groups is 1. The van der Waals surface area contributed by atoms with Gasteiger partial charge in [-0.05, 0) is 80.6 Å². The molecule has 0 aliphatic carbocycles. The Kier molecular flexibility index (Phi) is 10.9. The van der Waals surface area contributed by atoms with E-state index in [-0.39, 0.29) is 14.7 Å². The highest BCUT2D eigenvalue weighted by atomic mass is 79.9. The van der Waals surface area contributed by atoms with Crippen molar-refractivity contribution >= 4 is 35.8 Å². The van der Waals surface area contributed by atoms with Gasteiger partial charge in [-0.2, -0.15) is 4.72 Å². The summed E-state index contributed by atoms with van der Waals surface area (Å²) in [6.45, 7) is 9.73. The highest BCUT2D eigenvalue weighted by Crippen LogP contribution is 2.38. The molecule has 0 bridgehead atoms. The van der Waals surface area contributed by atoms with Gasteiger partial charge < -0.3 is 0 Å². The fraction of sp³-hybridized carbons (Fsp3) is 0.290. The second kappa shape index (κ2) is 13.7. The molecule has 0 heterocycles. The normalized spacial score (nSPS) is 13.5. The lowest BCUT2D eigenvalue weighted by Gasteiger charge is -2.26. The molecule has 1 N–H and O–H groups in total. The van der Waals surface area contributed by atoms with Crippen LogP contribution < -0.4 is 4.72 Å². The Morgan fingerprint density at radius 2 is 1.38 bits per heavy atom. The minimum atomic E-state index is -4.10. The molecule has 0 amide bonds. The van der Waals surface area contributed by atoms with Crippen molar-refractivity contribution in [3.63, 3.8) is 0 Å². The first-order chi connectivity index (χ1) is 18.5. The van der Waals surface area contributed by atoms with Crippen LogP contribution >= 0.6 is 15.9 Å². The average Bonchev–Trinajstić information content (AvgIpc) is 2.89. The molecule has 0 aliphatic heterocycles. The van der Waals surface area contributed by atoms with E-state index in [4.69, 9.17) is 0 Å². The zero-order chi connectivity index (χ0) is 28.6. The Balaban J connectivity index is 2.32. The maximum Gasteiger partial charge on any atom is 0.241 e. The van der Waals surface area contributed by atoms with Gasteiger partial charge in [0.25, 0.3) is 0 Å². The third-order valence-electron chi connectivity index (χ3n) is 6.51. The van der Waals surface area contributed by atoms with Crippen molar-refractivity contribution in [3.8, 4) is 0 Å². The largest absolute Gasteiger partial charge is 0.241 e. The maximum atomic E-state index is 14.4. The first-order valence-electron chi connectivity index (χ1n) is 13.0. The number of hydrogen-bond donors (Lipinski definition) is 1. The first kappa shape index (κ1) is 31.0. The molecule has 3 aromatic rings. The summed E-state index contributed by atoms with van der Waals surface area (Å²) in [5.41, 5.74) is 3.03. The fourth-order valence-electron chi connectivity index (χ4n) is 4.35. The predicted molar refractivity (Wildman–Crippen MR) is 163 cm³/mol. The molecule has 0 radical (unpaired) electrons. The number of allylic oxidation sites excluding steroid dienone is 2. The maximum absolute atomic E-state index is 14.4. The van der Waals surface area contributed by atoms with E-state index in [0.717, 1.165) is 34.9 Å². The van der Waals surface area contributed by atoms with Gasteiger partial charge in [-0.3, -0.25) is 0 Å². The van der Waals surface area contributed by atoms with Crippen LogP contribution in [-0.2, 0) is 19.9 Å². The van der Waals surface area contributed by atoms with E-state index < -0.39 is 25.9 Å². The second-order valence-corrected chi connectivity index (χ2v) is 14.2. The van der Waals surface area contributed by atoms with Gasteiger partial charge in [-0.1, -0.05) is 89.3 Å². The van der Waals surface area contributed by atoms with Crippen molar-refractivity contribution in [1.29, 1.82) is 0 Å². The van der Waals surface area contributed by atoms with E-state index in [1.54, 1.807) is 66.7 Å². The van der Waals surface area contributed by atoms with Crippen LogP contribution in [0.1, 0.15) is 61.8 Å². The van der Waals surface area contributed by atoms with Crippen molar-refractivity contribution in [3.05, 3.63) is 117 Å². The Morgan fingerprint density at radius 1 is 0.846 bits per heavy atom. The molecule has 5 nitrogen and oxygen atoms in total.